The molecule has 0 radical (unpaired) electrons. The van der Waals surface area contributed by atoms with Gasteiger partial charge < -0.3 is 10.1 Å². The maximum absolute atomic E-state index is 12.7. The van der Waals surface area contributed by atoms with E-state index in [0.29, 0.717) is 29.9 Å². The number of carbonyl (C=O) groups is 3. The molecule has 6 nitrogen and oxygen atoms in total. The van der Waals surface area contributed by atoms with E-state index in [9.17, 15) is 14.4 Å². The average molecular weight is 366 g/mol. The van der Waals surface area contributed by atoms with Gasteiger partial charge in [0.1, 0.15) is 11.8 Å². The molecule has 3 amide bonds. The first-order valence-electron chi connectivity index (χ1n) is 8.92. The fraction of sp³-hybridized carbons (Fsp3) is 0.286. The van der Waals surface area contributed by atoms with Crippen molar-refractivity contribution in [2.24, 2.45) is 0 Å². The average Bonchev–Trinajstić information content (AvgIpc) is 2.91. The first kappa shape index (κ1) is 18.6. The van der Waals surface area contributed by atoms with Crippen molar-refractivity contribution in [1.82, 2.24) is 10.2 Å². The molecule has 1 saturated heterocycles. The lowest BCUT2D eigenvalue weighted by Gasteiger charge is -2.17. The molecule has 1 atom stereocenters. The van der Waals surface area contributed by atoms with Crippen LogP contribution in [0.25, 0.3) is 0 Å². The summed E-state index contributed by atoms with van der Waals surface area (Å²) in [5.74, 6) is 0.201. The lowest BCUT2D eigenvalue weighted by Crippen LogP contribution is -2.32. The Bertz CT molecular complexity index is 864. The molecule has 0 aliphatic carbocycles. The van der Waals surface area contributed by atoms with Gasteiger partial charge in [-0.3, -0.25) is 14.5 Å². The van der Waals surface area contributed by atoms with Crippen LogP contribution in [0.4, 0.5) is 4.79 Å². The Kier molecular flexibility index (Phi) is 5.54. The number of nitrogens with one attached hydrogen (secondary N) is 1. The van der Waals surface area contributed by atoms with Crippen LogP contribution in [0.3, 0.4) is 0 Å². The predicted octanol–water partition coefficient (Wildman–Crippen LogP) is 2.95. The van der Waals surface area contributed by atoms with E-state index < -0.39 is 12.1 Å². The molecular formula is C21H22N2O4. The van der Waals surface area contributed by atoms with Crippen molar-refractivity contribution in [2.75, 3.05) is 6.61 Å². The molecule has 0 bridgehead atoms. The Morgan fingerprint density at radius 2 is 1.89 bits per heavy atom. The molecule has 6 heteroatoms. The molecule has 0 spiro atoms. The Morgan fingerprint density at radius 3 is 2.56 bits per heavy atom. The van der Waals surface area contributed by atoms with Crippen molar-refractivity contribution in [1.29, 1.82) is 0 Å². The zero-order chi connectivity index (χ0) is 19.4. The van der Waals surface area contributed by atoms with Crippen LogP contribution < -0.4 is 10.1 Å². The highest BCUT2D eigenvalue weighted by molar-refractivity contribution is 6.04. The standard InChI is InChI=1S/C21H22N2O4/c1-3-27-19-10-9-16(14(2)24)12-17(19)13-23-20(25)18(22-21(23)26)11-15-7-5-4-6-8-15/h4-10,12,18H,3,11,13H2,1-2H3,(H,22,26)/t18-/m1/s1. The van der Waals surface area contributed by atoms with E-state index in [4.69, 9.17) is 4.74 Å². The number of carbonyl (C=O) groups excluding carboxylic acids is 3. The van der Waals surface area contributed by atoms with Crippen LogP contribution in [0, 0.1) is 0 Å². The second-order valence-corrected chi connectivity index (χ2v) is 6.43. The van der Waals surface area contributed by atoms with E-state index in [1.807, 2.05) is 37.3 Å². The number of imide groups is 1. The third kappa shape index (κ3) is 4.16. The molecule has 1 aliphatic heterocycles. The molecule has 1 heterocycles. The summed E-state index contributed by atoms with van der Waals surface area (Å²) in [6, 6.07) is 13.6. The minimum absolute atomic E-state index is 0.0619. The number of urea groups is 1. The minimum atomic E-state index is -0.591. The number of amides is 3. The fourth-order valence-corrected chi connectivity index (χ4v) is 3.10. The molecule has 140 valence electrons. The summed E-state index contributed by atoms with van der Waals surface area (Å²) in [6.07, 6.45) is 0.438. The van der Waals surface area contributed by atoms with Crippen molar-refractivity contribution in [3.05, 3.63) is 65.2 Å². The molecule has 2 aromatic carbocycles. The summed E-state index contributed by atoms with van der Waals surface area (Å²) in [7, 11) is 0. The smallest absolute Gasteiger partial charge is 0.325 e. The molecule has 1 fully saturated rings. The van der Waals surface area contributed by atoms with Crippen LogP contribution in [-0.4, -0.2) is 35.3 Å². The summed E-state index contributed by atoms with van der Waals surface area (Å²) in [5, 5.41) is 2.74. The van der Waals surface area contributed by atoms with Crippen LogP contribution in [0.2, 0.25) is 0 Å². The minimum Gasteiger partial charge on any atom is -0.494 e. The number of nitrogens with zero attached hydrogens (tertiary/aromatic N) is 1. The van der Waals surface area contributed by atoms with E-state index in [-0.39, 0.29) is 18.2 Å². The van der Waals surface area contributed by atoms with Gasteiger partial charge >= 0.3 is 6.03 Å². The van der Waals surface area contributed by atoms with Gasteiger partial charge in [-0.05, 0) is 37.6 Å². The number of rotatable bonds is 7. The van der Waals surface area contributed by atoms with Crippen molar-refractivity contribution >= 4 is 17.7 Å². The normalized spacial score (nSPS) is 16.4. The topological polar surface area (TPSA) is 75.7 Å². The number of hydrogen-bond acceptors (Lipinski definition) is 4. The molecule has 2 aromatic rings. The summed E-state index contributed by atoms with van der Waals surface area (Å²) in [4.78, 5) is 38.0. The summed E-state index contributed by atoms with van der Waals surface area (Å²) in [5.41, 5.74) is 2.13. The zero-order valence-corrected chi connectivity index (χ0v) is 15.4. The van der Waals surface area contributed by atoms with Crippen LogP contribution >= 0.6 is 0 Å². The highest BCUT2D eigenvalue weighted by Gasteiger charge is 2.38. The SMILES string of the molecule is CCOc1ccc(C(C)=O)cc1CN1C(=O)N[C@H](Cc2ccccc2)C1=O. The van der Waals surface area contributed by atoms with Crippen molar-refractivity contribution < 1.29 is 19.1 Å². The van der Waals surface area contributed by atoms with Gasteiger partial charge in [0, 0.05) is 17.5 Å². The van der Waals surface area contributed by atoms with Crippen LogP contribution in [0.5, 0.6) is 5.75 Å². The summed E-state index contributed by atoms with van der Waals surface area (Å²) < 4.78 is 5.59. The van der Waals surface area contributed by atoms with Gasteiger partial charge in [0.05, 0.1) is 13.2 Å². The number of ether oxygens (including phenoxy) is 1. The quantitative estimate of drug-likeness (QED) is 0.604. The second kappa shape index (κ2) is 8.03. The number of benzene rings is 2. The summed E-state index contributed by atoms with van der Waals surface area (Å²) >= 11 is 0. The van der Waals surface area contributed by atoms with Crippen molar-refractivity contribution in [3.8, 4) is 5.75 Å². The molecular weight excluding hydrogens is 344 g/mol. The maximum Gasteiger partial charge on any atom is 0.325 e. The van der Waals surface area contributed by atoms with Crippen LogP contribution in [0.15, 0.2) is 48.5 Å². The molecule has 27 heavy (non-hydrogen) atoms. The van der Waals surface area contributed by atoms with E-state index in [2.05, 4.69) is 5.32 Å². The maximum atomic E-state index is 12.7. The molecule has 0 unspecified atom stereocenters. The van der Waals surface area contributed by atoms with Crippen molar-refractivity contribution in [2.45, 2.75) is 32.9 Å². The number of ketones is 1. The molecule has 0 saturated carbocycles. The number of hydrogen-bond donors (Lipinski definition) is 1. The monoisotopic (exact) mass is 366 g/mol. The van der Waals surface area contributed by atoms with Gasteiger partial charge in [0.25, 0.3) is 5.91 Å². The molecule has 0 aromatic heterocycles. The van der Waals surface area contributed by atoms with Gasteiger partial charge in [-0.1, -0.05) is 30.3 Å². The Morgan fingerprint density at radius 1 is 1.15 bits per heavy atom. The highest BCUT2D eigenvalue weighted by atomic mass is 16.5. The van der Waals surface area contributed by atoms with Crippen molar-refractivity contribution in [3.63, 3.8) is 0 Å². The third-order valence-electron chi connectivity index (χ3n) is 4.48. The van der Waals surface area contributed by atoms with Gasteiger partial charge in [0.2, 0.25) is 0 Å². The highest BCUT2D eigenvalue weighted by Crippen LogP contribution is 2.24. The van der Waals surface area contributed by atoms with E-state index >= 15 is 0 Å². The molecule has 1 N–H and O–H groups in total. The lowest BCUT2D eigenvalue weighted by molar-refractivity contribution is -0.127. The second-order valence-electron chi connectivity index (χ2n) is 6.43. The number of Topliss-reactive ketones (excluding diaryl/α,β-unsaturated/α-hetero) is 1. The van der Waals surface area contributed by atoms with Gasteiger partial charge in [-0.15, -0.1) is 0 Å². The van der Waals surface area contributed by atoms with Gasteiger partial charge in [-0.25, -0.2) is 4.79 Å². The first-order chi connectivity index (χ1) is 13.0. The van der Waals surface area contributed by atoms with E-state index in [0.717, 1.165) is 5.56 Å². The Balaban J connectivity index is 1.80. The Labute approximate surface area is 158 Å². The van der Waals surface area contributed by atoms with E-state index in [1.54, 1.807) is 18.2 Å². The van der Waals surface area contributed by atoms with Gasteiger partial charge in [-0.2, -0.15) is 0 Å². The fourth-order valence-electron chi connectivity index (χ4n) is 3.10. The van der Waals surface area contributed by atoms with E-state index in [1.165, 1.54) is 11.8 Å². The third-order valence-corrected chi connectivity index (χ3v) is 4.48. The molecule has 1 aliphatic rings. The van der Waals surface area contributed by atoms with Crippen LogP contribution in [-0.2, 0) is 17.8 Å². The first-order valence-corrected chi connectivity index (χ1v) is 8.92. The largest absolute Gasteiger partial charge is 0.494 e. The van der Waals surface area contributed by atoms with Gasteiger partial charge in [0.15, 0.2) is 5.78 Å². The predicted molar refractivity (Wildman–Crippen MR) is 101 cm³/mol. The van der Waals surface area contributed by atoms with Crippen LogP contribution in [0.1, 0.15) is 35.3 Å². The Hall–Kier alpha value is -3.15. The molecule has 3 rings (SSSR count). The summed E-state index contributed by atoms with van der Waals surface area (Å²) in [6.45, 7) is 3.84. The lowest BCUT2D eigenvalue weighted by atomic mass is 10.0. The zero-order valence-electron chi connectivity index (χ0n) is 15.4.